The van der Waals surface area contributed by atoms with Crippen molar-refractivity contribution < 1.29 is 0 Å². The molecule has 13 heavy (non-hydrogen) atoms. The molecule has 1 aliphatic heterocycles. The van der Waals surface area contributed by atoms with Crippen molar-refractivity contribution in [3.63, 3.8) is 0 Å². The summed E-state index contributed by atoms with van der Waals surface area (Å²) in [7, 11) is 0. The van der Waals surface area contributed by atoms with E-state index in [1.807, 2.05) is 0 Å². The van der Waals surface area contributed by atoms with Crippen LogP contribution < -0.4 is 5.73 Å². The van der Waals surface area contributed by atoms with Crippen LogP contribution in [0, 0.1) is 5.92 Å². The van der Waals surface area contributed by atoms with Crippen molar-refractivity contribution in [1.82, 2.24) is 4.90 Å². The quantitative estimate of drug-likeness (QED) is 0.667. The van der Waals surface area contributed by atoms with Crippen LogP contribution in [0.5, 0.6) is 0 Å². The fourth-order valence-electron chi connectivity index (χ4n) is 3.18. The molecule has 2 fully saturated rings. The summed E-state index contributed by atoms with van der Waals surface area (Å²) in [6.45, 7) is 4.73. The lowest BCUT2D eigenvalue weighted by molar-refractivity contribution is 0.0512. The lowest BCUT2D eigenvalue weighted by Crippen LogP contribution is -2.54. The molecule has 0 aromatic carbocycles. The molecule has 0 bridgehead atoms. The predicted octanol–water partition coefficient (Wildman–Crippen LogP) is 1.60. The number of likely N-dealkylation sites (tertiary alicyclic amines) is 1. The molecule has 2 N–H and O–H groups in total. The zero-order valence-electron chi connectivity index (χ0n) is 8.71. The van der Waals surface area contributed by atoms with Gasteiger partial charge in [-0.1, -0.05) is 19.8 Å². The summed E-state index contributed by atoms with van der Waals surface area (Å²) in [5.74, 6) is 0.808. The zero-order chi connectivity index (χ0) is 9.26. The van der Waals surface area contributed by atoms with E-state index in [4.69, 9.17) is 5.73 Å². The zero-order valence-corrected chi connectivity index (χ0v) is 8.71. The molecule has 2 aliphatic rings. The van der Waals surface area contributed by atoms with Crippen LogP contribution in [0.3, 0.4) is 0 Å². The maximum absolute atomic E-state index is 6.18. The number of hydrogen-bond acceptors (Lipinski definition) is 2. The second kappa shape index (κ2) is 3.97. The largest absolute Gasteiger partial charge is 0.327 e. The second-order valence-corrected chi connectivity index (χ2v) is 4.60. The Bertz CT molecular complexity index is 169. The van der Waals surface area contributed by atoms with Crippen molar-refractivity contribution in [1.29, 1.82) is 0 Å². The highest BCUT2D eigenvalue weighted by Crippen LogP contribution is 2.34. The van der Waals surface area contributed by atoms with Crippen LogP contribution in [0.2, 0.25) is 0 Å². The summed E-state index contributed by atoms with van der Waals surface area (Å²) < 4.78 is 0. The Balaban J connectivity index is 2.05. The van der Waals surface area contributed by atoms with Crippen molar-refractivity contribution in [2.75, 3.05) is 13.1 Å². The molecule has 0 radical (unpaired) electrons. The third-order valence-electron chi connectivity index (χ3n) is 3.96. The average Bonchev–Trinajstić information content (AvgIpc) is 2.19. The minimum Gasteiger partial charge on any atom is -0.327 e. The SMILES string of the molecule is CCN1CC[C@H](N)[C@@H]2CCCC[C@@H]21. The van der Waals surface area contributed by atoms with Crippen LogP contribution in [0.25, 0.3) is 0 Å². The van der Waals surface area contributed by atoms with E-state index in [-0.39, 0.29) is 0 Å². The number of hydrogen-bond donors (Lipinski definition) is 1. The van der Waals surface area contributed by atoms with Crippen molar-refractivity contribution in [2.24, 2.45) is 11.7 Å². The van der Waals surface area contributed by atoms with Gasteiger partial charge in [-0.05, 0) is 38.3 Å². The van der Waals surface area contributed by atoms with Crippen LogP contribution in [0.1, 0.15) is 39.0 Å². The highest BCUT2D eigenvalue weighted by molar-refractivity contribution is 4.93. The number of piperidine rings is 1. The fraction of sp³-hybridized carbons (Fsp3) is 1.00. The minimum absolute atomic E-state index is 0.494. The second-order valence-electron chi connectivity index (χ2n) is 4.60. The summed E-state index contributed by atoms with van der Waals surface area (Å²) in [5, 5.41) is 0. The van der Waals surface area contributed by atoms with E-state index < -0.39 is 0 Å². The van der Waals surface area contributed by atoms with Gasteiger partial charge in [0.25, 0.3) is 0 Å². The smallest absolute Gasteiger partial charge is 0.0138 e. The lowest BCUT2D eigenvalue weighted by atomic mass is 9.76. The number of nitrogens with zero attached hydrogens (tertiary/aromatic N) is 1. The number of rotatable bonds is 1. The number of fused-ring (bicyclic) bond motifs is 1. The molecule has 0 unspecified atom stereocenters. The van der Waals surface area contributed by atoms with E-state index in [1.165, 1.54) is 45.2 Å². The van der Waals surface area contributed by atoms with Crippen LogP contribution >= 0.6 is 0 Å². The van der Waals surface area contributed by atoms with Gasteiger partial charge in [-0.2, -0.15) is 0 Å². The Kier molecular flexibility index (Phi) is 2.89. The van der Waals surface area contributed by atoms with Crippen molar-refractivity contribution in [3.8, 4) is 0 Å². The van der Waals surface area contributed by atoms with Crippen molar-refractivity contribution >= 4 is 0 Å². The standard InChI is InChI=1S/C11H22N2/c1-2-13-8-7-10(12)9-5-3-4-6-11(9)13/h9-11H,2-8,12H2,1H3/t9-,10-,11-/m0/s1. The summed E-state index contributed by atoms with van der Waals surface area (Å²) in [6.07, 6.45) is 6.82. The molecule has 1 aliphatic carbocycles. The van der Waals surface area contributed by atoms with Gasteiger partial charge in [0.15, 0.2) is 0 Å². The first-order chi connectivity index (χ1) is 6.33. The fourth-order valence-corrected chi connectivity index (χ4v) is 3.18. The summed E-state index contributed by atoms with van der Waals surface area (Å²) >= 11 is 0. The Morgan fingerprint density at radius 1 is 1.23 bits per heavy atom. The molecule has 1 saturated carbocycles. The molecule has 1 heterocycles. The van der Waals surface area contributed by atoms with E-state index in [0.717, 1.165) is 12.0 Å². The van der Waals surface area contributed by atoms with Gasteiger partial charge in [0, 0.05) is 12.1 Å². The first-order valence-corrected chi connectivity index (χ1v) is 5.82. The third kappa shape index (κ3) is 1.75. The van der Waals surface area contributed by atoms with Gasteiger partial charge in [-0.15, -0.1) is 0 Å². The molecule has 0 aromatic rings. The highest BCUT2D eigenvalue weighted by atomic mass is 15.2. The van der Waals surface area contributed by atoms with Crippen LogP contribution in [-0.2, 0) is 0 Å². The van der Waals surface area contributed by atoms with Crippen molar-refractivity contribution in [3.05, 3.63) is 0 Å². The molecule has 3 atom stereocenters. The van der Waals surface area contributed by atoms with Gasteiger partial charge in [0.05, 0.1) is 0 Å². The van der Waals surface area contributed by atoms with Gasteiger partial charge in [-0.25, -0.2) is 0 Å². The van der Waals surface area contributed by atoms with Crippen molar-refractivity contribution in [2.45, 2.75) is 51.1 Å². The van der Waals surface area contributed by atoms with Gasteiger partial charge >= 0.3 is 0 Å². The van der Waals surface area contributed by atoms with Crippen LogP contribution in [0.4, 0.5) is 0 Å². The van der Waals surface area contributed by atoms with E-state index in [2.05, 4.69) is 11.8 Å². The first kappa shape index (κ1) is 9.47. The van der Waals surface area contributed by atoms with Gasteiger partial charge in [0.1, 0.15) is 0 Å². The Hall–Kier alpha value is -0.0800. The van der Waals surface area contributed by atoms with Crippen LogP contribution in [-0.4, -0.2) is 30.1 Å². The van der Waals surface area contributed by atoms with Crippen LogP contribution in [0.15, 0.2) is 0 Å². The topological polar surface area (TPSA) is 29.3 Å². The summed E-state index contributed by atoms with van der Waals surface area (Å²) in [4.78, 5) is 2.65. The maximum Gasteiger partial charge on any atom is 0.0138 e. The predicted molar refractivity (Wildman–Crippen MR) is 55.6 cm³/mol. The minimum atomic E-state index is 0.494. The molecule has 2 rings (SSSR count). The van der Waals surface area contributed by atoms with E-state index in [1.54, 1.807) is 0 Å². The molecule has 2 heteroatoms. The summed E-state index contributed by atoms with van der Waals surface area (Å²) in [6, 6.07) is 1.32. The first-order valence-electron chi connectivity index (χ1n) is 5.82. The van der Waals surface area contributed by atoms with Gasteiger partial charge in [0.2, 0.25) is 0 Å². The van der Waals surface area contributed by atoms with E-state index in [9.17, 15) is 0 Å². The number of nitrogens with two attached hydrogens (primary N) is 1. The Morgan fingerprint density at radius 3 is 2.77 bits per heavy atom. The average molecular weight is 182 g/mol. The molecule has 2 nitrogen and oxygen atoms in total. The van der Waals surface area contributed by atoms with E-state index >= 15 is 0 Å². The Morgan fingerprint density at radius 2 is 2.00 bits per heavy atom. The summed E-state index contributed by atoms with van der Waals surface area (Å²) in [5.41, 5.74) is 6.18. The lowest BCUT2D eigenvalue weighted by Gasteiger charge is -2.46. The van der Waals surface area contributed by atoms with Gasteiger partial charge < -0.3 is 10.6 Å². The molecule has 1 saturated heterocycles. The molecule has 0 spiro atoms. The molecular formula is C11H22N2. The monoisotopic (exact) mass is 182 g/mol. The molecule has 0 amide bonds. The highest BCUT2D eigenvalue weighted by Gasteiger charge is 2.36. The van der Waals surface area contributed by atoms with Gasteiger partial charge in [-0.3, -0.25) is 0 Å². The molecule has 0 aromatic heterocycles. The van der Waals surface area contributed by atoms with E-state index in [0.29, 0.717) is 6.04 Å². The Labute approximate surface area is 81.5 Å². The third-order valence-corrected chi connectivity index (χ3v) is 3.96. The maximum atomic E-state index is 6.18. The normalized spacial score (nSPS) is 41.5. The molecular weight excluding hydrogens is 160 g/mol. The molecule has 76 valence electrons.